The van der Waals surface area contributed by atoms with E-state index in [1.54, 1.807) is 11.1 Å². The Morgan fingerprint density at radius 1 is 1.31 bits per heavy atom. The van der Waals surface area contributed by atoms with Crippen LogP contribution in [0.2, 0.25) is 0 Å². The van der Waals surface area contributed by atoms with Crippen molar-refractivity contribution in [3.05, 3.63) is 36.0 Å². The maximum Gasteiger partial charge on any atom is 0.317 e. The maximum atomic E-state index is 13.5. The number of hydrogen-bond acceptors (Lipinski definition) is 6. The number of aromatic nitrogens is 1. The predicted molar refractivity (Wildman–Crippen MR) is 121 cm³/mol. The first-order valence-electron chi connectivity index (χ1n) is 11.0. The molecule has 1 fully saturated rings. The van der Waals surface area contributed by atoms with Crippen LogP contribution in [-0.4, -0.2) is 62.8 Å². The topological polar surface area (TPSA) is 143 Å². The van der Waals surface area contributed by atoms with E-state index in [0.717, 1.165) is 29.2 Å². The number of carbonyl (C=O) groups excluding carboxylic acids is 2. The first kappa shape index (κ1) is 23.5. The highest BCUT2D eigenvalue weighted by Crippen LogP contribution is 2.25. The summed E-state index contributed by atoms with van der Waals surface area (Å²) in [6.07, 6.45) is 5.02. The summed E-state index contributed by atoms with van der Waals surface area (Å²) in [5.74, 6) is -1.33. The van der Waals surface area contributed by atoms with Crippen molar-refractivity contribution in [2.45, 2.75) is 57.7 Å². The van der Waals surface area contributed by atoms with Gasteiger partial charge in [-0.2, -0.15) is 0 Å². The molecule has 9 nitrogen and oxygen atoms in total. The van der Waals surface area contributed by atoms with Crippen molar-refractivity contribution >= 4 is 34.4 Å². The molecule has 172 valence electrons. The van der Waals surface area contributed by atoms with Gasteiger partial charge in [0.25, 0.3) is 0 Å². The number of nitrogens with two attached hydrogens (primary N) is 2. The first-order chi connectivity index (χ1) is 15.3. The summed E-state index contributed by atoms with van der Waals surface area (Å²) >= 11 is 0. The Labute approximate surface area is 187 Å². The summed E-state index contributed by atoms with van der Waals surface area (Å²) < 4.78 is 0. The van der Waals surface area contributed by atoms with Gasteiger partial charge in [-0.05, 0) is 42.3 Å². The summed E-state index contributed by atoms with van der Waals surface area (Å²) in [6.45, 7) is 2.47. The van der Waals surface area contributed by atoms with Gasteiger partial charge in [-0.3, -0.25) is 19.3 Å². The zero-order chi connectivity index (χ0) is 23.3. The quantitative estimate of drug-likeness (QED) is 0.509. The zero-order valence-electron chi connectivity index (χ0n) is 18.4. The molecule has 0 bridgehead atoms. The second-order valence-electron chi connectivity index (χ2n) is 8.30. The molecule has 1 aliphatic heterocycles. The Balaban J connectivity index is 1.91. The van der Waals surface area contributed by atoms with E-state index < -0.39 is 24.0 Å². The number of carbonyl (C=O) groups is 3. The number of nitrogen functional groups attached to an aromatic ring is 1. The lowest BCUT2D eigenvalue weighted by Gasteiger charge is -2.34. The Morgan fingerprint density at radius 2 is 2.09 bits per heavy atom. The minimum atomic E-state index is -1.01. The highest BCUT2D eigenvalue weighted by molar-refractivity contribution is 5.91. The monoisotopic (exact) mass is 441 g/mol. The molecule has 0 unspecified atom stereocenters. The van der Waals surface area contributed by atoms with E-state index in [1.807, 2.05) is 31.2 Å². The van der Waals surface area contributed by atoms with Crippen LogP contribution >= 0.6 is 0 Å². The zero-order valence-corrected chi connectivity index (χ0v) is 18.4. The van der Waals surface area contributed by atoms with E-state index in [2.05, 4.69) is 4.98 Å². The largest absolute Gasteiger partial charge is 0.480 e. The van der Waals surface area contributed by atoms with Crippen LogP contribution in [0.25, 0.3) is 10.8 Å². The summed E-state index contributed by atoms with van der Waals surface area (Å²) in [5.41, 5.74) is 12.3. The van der Waals surface area contributed by atoms with Crippen LogP contribution in [0.1, 0.15) is 44.6 Å². The molecule has 32 heavy (non-hydrogen) atoms. The van der Waals surface area contributed by atoms with E-state index >= 15 is 0 Å². The molecule has 2 heterocycles. The lowest BCUT2D eigenvalue weighted by Crippen LogP contribution is -2.53. The van der Waals surface area contributed by atoms with E-state index in [-0.39, 0.29) is 19.0 Å². The molecule has 0 spiro atoms. The van der Waals surface area contributed by atoms with Crippen LogP contribution in [0.3, 0.4) is 0 Å². The van der Waals surface area contributed by atoms with Gasteiger partial charge >= 0.3 is 5.97 Å². The number of carboxylic acids is 1. The molecule has 0 aliphatic carbocycles. The summed E-state index contributed by atoms with van der Waals surface area (Å²) in [4.78, 5) is 44.3. The molecule has 2 amide bonds. The van der Waals surface area contributed by atoms with Crippen LogP contribution in [0, 0.1) is 0 Å². The molecule has 5 N–H and O–H groups in total. The van der Waals surface area contributed by atoms with E-state index in [4.69, 9.17) is 11.5 Å². The fourth-order valence-electron chi connectivity index (χ4n) is 4.41. The number of aliphatic carboxylic acids is 1. The van der Waals surface area contributed by atoms with Crippen molar-refractivity contribution in [3.8, 4) is 0 Å². The van der Waals surface area contributed by atoms with E-state index in [1.165, 1.54) is 4.90 Å². The number of hydrogen-bond donors (Lipinski definition) is 3. The highest BCUT2D eigenvalue weighted by Gasteiger charge is 2.38. The number of fused-ring (bicyclic) bond motifs is 1. The molecule has 2 aromatic rings. The third-order valence-electron chi connectivity index (χ3n) is 6.00. The summed E-state index contributed by atoms with van der Waals surface area (Å²) in [6, 6.07) is 6.24. The molecule has 9 heteroatoms. The fourth-order valence-corrected chi connectivity index (χ4v) is 4.41. The minimum absolute atomic E-state index is 0.227. The molecule has 1 aliphatic rings. The highest BCUT2D eigenvalue weighted by atomic mass is 16.4. The molecule has 1 saturated heterocycles. The minimum Gasteiger partial charge on any atom is -0.480 e. The number of likely N-dealkylation sites (tertiary alicyclic amines) is 1. The van der Waals surface area contributed by atoms with Crippen molar-refractivity contribution < 1.29 is 19.5 Å². The summed E-state index contributed by atoms with van der Waals surface area (Å²) in [7, 11) is 0. The maximum absolute atomic E-state index is 13.5. The lowest BCUT2D eigenvalue weighted by atomic mass is 10.0. The third kappa shape index (κ3) is 5.34. The molecule has 0 saturated carbocycles. The number of benzene rings is 1. The Kier molecular flexibility index (Phi) is 7.63. The molecule has 3 rings (SSSR count). The van der Waals surface area contributed by atoms with Gasteiger partial charge in [-0.15, -0.1) is 0 Å². The molecule has 0 radical (unpaired) electrons. The third-order valence-corrected chi connectivity index (χ3v) is 6.00. The number of anilines is 1. The number of pyridine rings is 1. The summed E-state index contributed by atoms with van der Waals surface area (Å²) in [5, 5.41) is 11.3. The average molecular weight is 442 g/mol. The molecular weight excluding hydrogens is 410 g/mol. The Hall–Kier alpha value is -3.20. The van der Waals surface area contributed by atoms with Gasteiger partial charge < -0.3 is 21.5 Å². The fraction of sp³-hybridized carbons (Fsp3) is 0.478. The SMILES string of the molecule is CCCC[C@H](C(=O)N1CCC[C@H]1C(N)=O)N(CC(=O)O)Cc1ccc2c(N)nccc2c1. The van der Waals surface area contributed by atoms with Crippen LogP contribution in [0.15, 0.2) is 30.5 Å². The van der Waals surface area contributed by atoms with Crippen molar-refractivity contribution in [1.82, 2.24) is 14.8 Å². The number of rotatable bonds is 10. The van der Waals surface area contributed by atoms with Crippen LogP contribution in [0.4, 0.5) is 5.82 Å². The van der Waals surface area contributed by atoms with Gasteiger partial charge in [0.05, 0.1) is 12.6 Å². The van der Waals surface area contributed by atoms with Crippen LogP contribution in [0.5, 0.6) is 0 Å². The van der Waals surface area contributed by atoms with Crippen LogP contribution < -0.4 is 11.5 Å². The number of amides is 2. The predicted octanol–water partition coefficient (Wildman–Crippen LogP) is 1.74. The Morgan fingerprint density at radius 3 is 2.78 bits per heavy atom. The van der Waals surface area contributed by atoms with Crippen LogP contribution in [-0.2, 0) is 20.9 Å². The standard InChI is InChI=1S/C23H31N5O4/c1-2-3-5-19(23(32)28-11-4-6-18(28)22(25)31)27(14-20(29)30)13-15-7-8-17-16(12-15)9-10-26-21(17)24/h7-10,12,18-19H,2-6,11,13-14H2,1H3,(H2,24,26)(H2,25,31)(H,29,30)/t18-,19+/m0/s1. The molecule has 1 aromatic heterocycles. The number of carboxylic acid groups (broad SMARTS) is 1. The average Bonchev–Trinajstić information content (AvgIpc) is 3.24. The van der Waals surface area contributed by atoms with Crippen molar-refractivity contribution in [2.24, 2.45) is 5.73 Å². The van der Waals surface area contributed by atoms with E-state index in [9.17, 15) is 19.5 Å². The van der Waals surface area contributed by atoms with Crippen molar-refractivity contribution in [3.63, 3.8) is 0 Å². The van der Waals surface area contributed by atoms with Gasteiger partial charge in [0.1, 0.15) is 11.9 Å². The number of nitrogens with zero attached hydrogens (tertiary/aromatic N) is 3. The lowest BCUT2D eigenvalue weighted by molar-refractivity contribution is -0.146. The van der Waals surface area contributed by atoms with Gasteiger partial charge in [-0.25, -0.2) is 4.98 Å². The normalized spacial score (nSPS) is 17.1. The van der Waals surface area contributed by atoms with Gasteiger partial charge in [0.2, 0.25) is 11.8 Å². The van der Waals surface area contributed by atoms with Gasteiger partial charge in [0, 0.05) is 24.7 Å². The van der Waals surface area contributed by atoms with Crippen molar-refractivity contribution in [1.29, 1.82) is 0 Å². The second kappa shape index (κ2) is 10.4. The van der Waals surface area contributed by atoms with Crippen molar-refractivity contribution in [2.75, 3.05) is 18.8 Å². The van der Waals surface area contributed by atoms with Gasteiger partial charge in [0.15, 0.2) is 0 Å². The first-order valence-corrected chi connectivity index (χ1v) is 11.0. The molecule has 2 atom stereocenters. The number of unbranched alkanes of at least 4 members (excludes halogenated alkanes) is 1. The molecule has 1 aromatic carbocycles. The second-order valence-corrected chi connectivity index (χ2v) is 8.30. The number of primary amides is 1. The van der Waals surface area contributed by atoms with Gasteiger partial charge in [-0.1, -0.05) is 31.9 Å². The Bertz CT molecular complexity index is 996. The van der Waals surface area contributed by atoms with E-state index in [0.29, 0.717) is 31.6 Å². The molecular formula is C23H31N5O4. The smallest absolute Gasteiger partial charge is 0.317 e.